The van der Waals surface area contributed by atoms with Crippen molar-refractivity contribution in [2.24, 2.45) is 15.7 Å². The van der Waals surface area contributed by atoms with Crippen LogP contribution < -0.4 is 5.73 Å². The first-order valence-corrected chi connectivity index (χ1v) is 17.1. The molecular weight excluding hydrogens is 623 g/mol. The van der Waals surface area contributed by atoms with Gasteiger partial charge < -0.3 is 10.2 Å². The molecule has 0 aliphatic rings. The van der Waals surface area contributed by atoms with Crippen molar-refractivity contribution in [3.63, 3.8) is 0 Å². The Hall–Kier alpha value is -6.78. The van der Waals surface area contributed by atoms with E-state index in [0.29, 0.717) is 18.2 Å². The number of para-hydroxylation sites is 1. The molecule has 0 radical (unpaired) electrons. The summed E-state index contributed by atoms with van der Waals surface area (Å²) in [6.07, 6.45) is 0. The van der Waals surface area contributed by atoms with Gasteiger partial charge in [0.1, 0.15) is 17.0 Å². The van der Waals surface area contributed by atoms with Gasteiger partial charge in [0, 0.05) is 21.9 Å². The molecule has 9 aromatic rings. The second-order valence-corrected chi connectivity index (χ2v) is 12.8. The summed E-state index contributed by atoms with van der Waals surface area (Å²) < 4.78 is 6.17. The first-order chi connectivity index (χ1) is 25.2. The van der Waals surface area contributed by atoms with Crippen molar-refractivity contribution in [2.75, 3.05) is 0 Å². The average Bonchev–Trinajstić information content (AvgIpc) is 3.58. The van der Waals surface area contributed by atoms with Crippen LogP contribution >= 0.6 is 0 Å². The monoisotopic (exact) mass is 655 g/mol. The van der Waals surface area contributed by atoms with E-state index in [-0.39, 0.29) is 0 Å². The van der Waals surface area contributed by atoms with Crippen LogP contribution in [-0.4, -0.2) is 11.7 Å². The lowest BCUT2D eigenvalue weighted by Gasteiger charge is -2.10. The van der Waals surface area contributed by atoms with Gasteiger partial charge in [-0.25, -0.2) is 4.99 Å². The minimum absolute atomic E-state index is 0.402. The van der Waals surface area contributed by atoms with Gasteiger partial charge in [0.05, 0.1) is 6.54 Å². The van der Waals surface area contributed by atoms with Crippen LogP contribution in [0.25, 0.3) is 65.7 Å². The summed E-state index contributed by atoms with van der Waals surface area (Å²) in [5, 5.41) is 6.94. The highest BCUT2D eigenvalue weighted by Crippen LogP contribution is 2.37. The molecule has 2 N–H and O–H groups in total. The molecule has 0 bridgehead atoms. The number of hydrogen-bond acceptors (Lipinski definition) is 2. The Morgan fingerprint density at radius 2 is 1.18 bits per heavy atom. The van der Waals surface area contributed by atoms with Crippen molar-refractivity contribution < 1.29 is 4.42 Å². The minimum Gasteiger partial charge on any atom is -0.456 e. The molecule has 8 aromatic carbocycles. The number of hydrogen-bond donors (Lipinski definition) is 1. The molecule has 0 unspecified atom stereocenters. The van der Waals surface area contributed by atoms with Gasteiger partial charge in [0.2, 0.25) is 0 Å². The maximum Gasteiger partial charge on any atom is 0.157 e. The minimum atomic E-state index is 0.402. The van der Waals surface area contributed by atoms with Crippen molar-refractivity contribution in [2.45, 2.75) is 6.54 Å². The highest BCUT2D eigenvalue weighted by molar-refractivity contribution is 6.14. The first kappa shape index (κ1) is 30.3. The van der Waals surface area contributed by atoms with E-state index in [1.54, 1.807) is 0 Å². The Bertz CT molecular complexity index is 2780. The normalized spacial score (nSPS) is 12.3. The summed E-state index contributed by atoms with van der Waals surface area (Å²) in [6, 6.07) is 60.8. The van der Waals surface area contributed by atoms with Gasteiger partial charge in [-0.05, 0) is 73.6 Å². The molecule has 0 saturated carbocycles. The molecule has 0 aliphatic heterocycles. The Balaban J connectivity index is 1.08. The number of nitrogens with two attached hydrogens (primary N) is 1. The molecule has 0 fully saturated rings. The van der Waals surface area contributed by atoms with Crippen LogP contribution in [0.15, 0.2) is 190 Å². The maximum absolute atomic E-state index is 6.83. The van der Waals surface area contributed by atoms with Crippen molar-refractivity contribution in [1.29, 1.82) is 0 Å². The van der Waals surface area contributed by atoms with Gasteiger partial charge in [-0.2, -0.15) is 0 Å². The third-order valence-corrected chi connectivity index (χ3v) is 9.57. The lowest BCUT2D eigenvalue weighted by molar-refractivity contribution is 0.669. The van der Waals surface area contributed by atoms with Crippen molar-refractivity contribution >= 4 is 55.2 Å². The second kappa shape index (κ2) is 12.9. The fourth-order valence-corrected chi connectivity index (χ4v) is 6.99. The third kappa shape index (κ3) is 5.83. The predicted molar refractivity (Wildman–Crippen MR) is 213 cm³/mol. The van der Waals surface area contributed by atoms with Gasteiger partial charge in [-0.3, -0.25) is 4.99 Å². The number of furan rings is 1. The fourth-order valence-electron chi connectivity index (χ4n) is 6.99. The number of aliphatic imine (C=N–C) groups is 2. The molecule has 51 heavy (non-hydrogen) atoms. The zero-order valence-electron chi connectivity index (χ0n) is 27.8. The average molecular weight is 656 g/mol. The van der Waals surface area contributed by atoms with E-state index in [0.717, 1.165) is 60.5 Å². The van der Waals surface area contributed by atoms with Crippen LogP contribution in [0, 0.1) is 0 Å². The van der Waals surface area contributed by atoms with E-state index >= 15 is 0 Å². The number of nitrogens with zero attached hydrogens (tertiary/aromatic N) is 2. The summed E-state index contributed by atoms with van der Waals surface area (Å²) >= 11 is 0. The fraction of sp³-hybridized carbons (Fsp3) is 0.0213. The highest BCUT2D eigenvalue weighted by atomic mass is 16.3. The Kier molecular flexibility index (Phi) is 7.67. The maximum atomic E-state index is 6.83. The van der Waals surface area contributed by atoms with Gasteiger partial charge in [-0.1, -0.05) is 152 Å². The van der Waals surface area contributed by atoms with Crippen LogP contribution in [0.2, 0.25) is 0 Å². The molecule has 242 valence electrons. The predicted octanol–water partition coefficient (Wildman–Crippen LogP) is 11.6. The molecular formula is C47H33N3O. The lowest BCUT2D eigenvalue weighted by Crippen LogP contribution is -2.16. The van der Waals surface area contributed by atoms with E-state index in [1.165, 1.54) is 21.9 Å². The first-order valence-electron chi connectivity index (χ1n) is 17.1. The van der Waals surface area contributed by atoms with Crippen molar-refractivity contribution in [3.05, 3.63) is 193 Å². The van der Waals surface area contributed by atoms with E-state index in [4.69, 9.17) is 20.1 Å². The Morgan fingerprint density at radius 3 is 2.06 bits per heavy atom. The van der Waals surface area contributed by atoms with Crippen LogP contribution in [0.3, 0.4) is 0 Å². The molecule has 0 atom stereocenters. The summed E-state index contributed by atoms with van der Waals surface area (Å²) in [6.45, 7) is 0.463. The largest absolute Gasteiger partial charge is 0.456 e. The third-order valence-electron chi connectivity index (χ3n) is 9.57. The van der Waals surface area contributed by atoms with Gasteiger partial charge >= 0.3 is 0 Å². The van der Waals surface area contributed by atoms with Crippen LogP contribution in [0.4, 0.5) is 0 Å². The molecule has 9 rings (SSSR count). The summed E-state index contributed by atoms with van der Waals surface area (Å²) in [7, 11) is 0. The van der Waals surface area contributed by atoms with E-state index in [2.05, 4.69) is 127 Å². The number of amidine groups is 2. The number of rotatable bonds is 6. The zero-order valence-corrected chi connectivity index (χ0v) is 27.8. The number of fused-ring (bicyclic) bond motifs is 5. The summed E-state index contributed by atoms with van der Waals surface area (Å²) in [5.74, 6) is 0.990. The Morgan fingerprint density at radius 1 is 0.490 bits per heavy atom. The van der Waals surface area contributed by atoms with Gasteiger partial charge in [0.25, 0.3) is 0 Å². The van der Waals surface area contributed by atoms with E-state index < -0.39 is 0 Å². The second-order valence-electron chi connectivity index (χ2n) is 12.8. The molecule has 0 aliphatic carbocycles. The quantitative estimate of drug-likeness (QED) is 0.143. The van der Waals surface area contributed by atoms with Crippen LogP contribution in [0.1, 0.15) is 16.7 Å². The molecule has 0 saturated heterocycles. The van der Waals surface area contributed by atoms with Crippen molar-refractivity contribution in [3.8, 4) is 22.3 Å². The zero-order chi connectivity index (χ0) is 34.1. The summed E-state index contributed by atoms with van der Waals surface area (Å²) in [4.78, 5) is 10.1. The van der Waals surface area contributed by atoms with Gasteiger partial charge in [0.15, 0.2) is 5.84 Å². The molecule has 1 heterocycles. The summed E-state index contributed by atoms with van der Waals surface area (Å²) in [5.41, 5.74) is 15.9. The molecule has 1 aromatic heterocycles. The van der Waals surface area contributed by atoms with Crippen LogP contribution in [0.5, 0.6) is 0 Å². The topological polar surface area (TPSA) is 63.9 Å². The molecule has 4 heteroatoms. The Labute approximate surface area is 295 Å². The van der Waals surface area contributed by atoms with Crippen molar-refractivity contribution in [1.82, 2.24) is 0 Å². The molecule has 0 amide bonds. The SMILES string of the molecule is N/C(=N\C(=N/Cc1ccc(-c2cccc3ccccc23)cc1)c1ccc2ccccc2c1)c1cccc(-c2cccc3oc4ccccc4c23)c1. The van der Waals surface area contributed by atoms with E-state index in [1.807, 2.05) is 48.5 Å². The molecule has 4 nitrogen and oxygen atoms in total. The van der Waals surface area contributed by atoms with E-state index in [9.17, 15) is 0 Å². The van der Waals surface area contributed by atoms with Crippen LogP contribution in [-0.2, 0) is 6.54 Å². The molecule has 0 spiro atoms. The van der Waals surface area contributed by atoms with Gasteiger partial charge in [-0.15, -0.1) is 0 Å². The highest BCUT2D eigenvalue weighted by Gasteiger charge is 2.14. The lowest BCUT2D eigenvalue weighted by atomic mass is 9.97. The number of benzene rings is 8. The standard InChI is InChI=1S/C47H33N3O/c48-46(37-15-7-14-36(29-37)41-19-9-21-44-45(41)42-17-5-6-20-43(42)51-44)50-47(38-27-26-32-10-1-2-12-35(32)28-38)49-30-31-22-24-34(25-23-31)40-18-8-13-33-11-3-4-16-39(33)40/h1-29H,30H2,(H2,48,49,50). The smallest absolute Gasteiger partial charge is 0.157 e.